The lowest BCUT2D eigenvalue weighted by atomic mass is 10.2. The van der Waals surface area contributed by atoms with E-state index in [1.165, 1.54) is 12.1 Å². The zero-order valence-corrected chi connectivity index (χ0v) is 9.79. The van der Waals surface area contributed by atoms with Gasteiger partial charge in [0.1, 0.15) is 4.90 Å². The van der Waals surface area contributed by atoms with Crippen LogP contribution in [0.15, 0.2) is 35.2 Å². The smallest absolute Gasteiger partial charge is 0.310 e. The second kappa shape index (κ2) is 3.71. The SMILES string of the molecule is CNCC=Cc1cccc(S(F)(F)(F)(F)F)c1. The van der Waals surface area contributed by atoms with Gasteiger partial charge < -0.3 is 5.32 Å². The predicted molar refractivity (Wildman–Crippen MR) is 60.8 cm³/mol. The van der Waals surface area contributed by atoms with Gasteiger partial charge >= 0.3 is 10.2 Å². The number of likely N-dealkylation sites (N-methyl/N-ethyl adjacent to an activating group) is 1. The summed E-state index contributed by atoms with van der Waals surface area (Å²) < 4.78 is 62.4. The molecular formula is C10H12F5NS. The molecule has 1 rings (SSSR count). The van der Waals surface area contributed by atoms with Crippen LogP contribution >= 0.6 is 10.2 Å². The lowest BCUT2D eigenvalue weighted by Crippen LogP contribution is -2.06. The third-order valence-electron chi connectivity index (χ3n) is 1.94. The maximum absolute atomic E-state index is 12.5. The van der Waals surface area contributed by atoms with E-state index >= 15 is 0 Å². The summed E-state index contributed by atoms with van der Waals surface area (Å²) in [5.74, 6) is 0. The molecule has 0 bridgehead atoms. The van der Waals surface area contributed by atoms with Gasteiger partial charge in [-0.05, 0) is 24.7 Å². The zero-order valence-electron chi connectivity index (χ0n) is 8.97. The van der Waals surface area contributed by atoms with E-state index in [2.05, 4.69) is 5.32 Å². The first-order valence-electron chi connectivity index (χ1n) is 4.68. The summed E-state index contributed by atoms with van der Waals surface area (Å²) in [6.07, 6.45) is 2.90. The molecule has 0 saturated heterocycles. The van der Waals surface area contributed by atoms with Crippen LogP contribution in [0.5, 0.6) is 0 Å². The van der Waals surface area contributed by atoms with Crippen molar-refractivity contribution in [3.8, 4) is 0 Å². The third-order valence-corrected chi connectivity index (χ3v) is 3.08. The van der Waals surface area contributed by atoms with Gasteiger partial charge in [-0.15, -0.1) is 0 Å². The summed E-state index contributed by atoms with van der Waals surface area (Å²) in [6.45, 7) is 0.445. The van der Waals surface area contributed by atoms with E-state index < -0.39 is 15.1 Å². The normalized spacial score (nSPS) is 16.8. The van der Waals surface area contributed by atoms with Crippen LogP contribution in [-0.2, 0) is 0 Å². The Kier molecular flexibility index (Phi) is 3.05. The van der Waals surface area contributed by atoms with E-state index in [4.69, 9.17) is 0 Å². The molecule has 0 amide bonds. The lowest BCUT2D eigenvalue weighted by Gasteiger charge is -2.40. The number of nitrogens with one attached hydrogen (secondary N) is 1. The van der Waals surface area contributed by atoms with E-state index in [0.717, 1.165) is 6.07 Å². The fourth-order valence-electron chi connectivity index (χ4n) is 1.17. The Morgan fingerprint density at radius 2 is 1.82 bits per heavy atom. The van der Waals surface area contributed by atoms with Gasteiger partial charge in [-0.2, -0.15) is 0 Å². The Morgan fingerprint density at radius 3 is 2.35 bits per heavy atom. The number of hydrogen-bond donors (Lipinski definition) is 1. The average Bonchev–Trinajstić information content (AvgIpc) is 2.15. The van der Waals surface area contributed by atoms with Gasteiger partial charge in [-0.3, -0.25) is 0 Å². The van der Waals surface area contributed by atoms with Crippen molar-refractivity contribution in [2.45, 2.75) is 4.90 Å². The van der Waals surface area contributed by atoms with Crippen molar-refractivity contribution < 1.29 is 19.4 Å². The standard InChI is InChI=1S/C10H12F5NS/c1-16-7-3-5-9-4-2-6-10(8-9)17(11,12,13,14)15/h2-6,8,16H,7H2,1H3. The van der Waals surface area contributed by atoms with Gasteiger partial charge in [0.15, 0.2) is 0 Å². The largest absolute Gasteiger partial charge is 0.316 e. The highest BCUT2D eigenvalue weighted by molar-refractivity contribution is 8.45. The van der Waals surface area contributed by atoms with Gasteiger partial charge in [0.2, 0.25) is 0 Å². The maximum atomic E-state index is 12.5. The lowest BCUT2D eigenvalue weighted by molar-refractivity contribution is 0.364. The van der Waals surface area contributed by atoms with Crippen molar-refractivity contribution in [3.63, 3.8) is 0 Å². The van der Waals surface area contributed by atoms with Crippen molar-refractivity contribution in [2.75, 3.05) is 13.6 Å². The second-order valence-corrected chi connectivity index (χ2v) is 5.91. The minimum absolute atomic E-state index is 0.0889. The summed E-state index contributed by atoms with van der Waals surface area (Å²) >= 11 is 0. The van der Waals surface area contributed by atoms with Crippen LogP contribution < -0.4 is 5.32 Å². The van der Waals surface area contributed by atoms with Crippen LogP contribution in [0.1, 0.15) is 5.56 Å². The first-order chi connectivity index (χ1) is 7.53. The highest BCUT2D eigenvalue weighted by Gasteiger charge is 2.65. The Bertz CT molecular complexity index is 437. The fraction of sp³-hybridized carbons (Fsp3) is 0.200. The van der Waals surface area contributed by atoms with E-state index in [9.17, 15) is 19.4 Å². The summed E-state index contributed by atoms with van der Waals surface area (Å²) in [5.41, 5.74) is 0.0889. The molecular weight excluding hydrogens is 261 g/mol. The number of rotatable bonds is 4. The summed E-state index contributed by atoms with van der Waals surface area (Å²) in [5, 5.41) is 2.75. The third kappa shape index (κ3) is 4.35. The Morgan fingerprint density at radius 1 is 1.18 bits per heavy atom. The molecule has 1 N–H and O–H groups in total. The monoisotopic (exact) mass is 273 g/mol. The van der Waals surface area contributed by atoms with Gasteiger partial charge in [0.05, 0.1) is 0 Å². The second-order valence-electron chi connectivity index (χ2n) is 3.50. The van der Waals surface area contributed by atoms with E-state index in [1.54, 1.807) is 13.1 Å². The maximum Gasteiger partial charge on any atom is 0.310 e. The van der Waals surface area contributed by atoms with E-state index in [0.29, 0.717) is 18.7 Å². The fourth-order valence-corrected chi connectivity index (χ4v) is 1.87. The van der Waals surface area contributed by atoms with Crippen molar-refractivity contribution >= 4 is 16.3 Å². The Balaban J connectivity index is 3.12. The Labute approximate surface area is 96.1 Å². The van der Waals surface area contributed by atoms with Gasteiger partial charge in [0, 0.05) is 6.54 Å². The van der Waals surface area contributed by atoms with Gasteiger partial charge in [-0.1, -0.05) is 43.7 Å². The minimum atomic E-state index is -9.56. The molecule has 98 valence electrons. The summed E-state index contributed by atoms with van der Waals surface area (Å²) in [6, 6.07) is 3.14. The van der Waals surface area contributed by atoms with E-state index in [1.807, 2.05) is 0 Å². The van der Waals surface area contributed by atoms with Crippen molar-refractivity contribution in [1.82, 2.24) is 5.32 Å². The highest BCUT2D eigenvalue weighted by atomic mass is 32.5. The van der Waals surface area contributed by atoms with Crippen LogP contribution in [-0.4, -0.2) is 13.6 Å². The van der Waals surface area contributed by atoms with Crippen LogP contribution in [0.25, 0.3) is 6.08 Å². The molecule has 0 atom stereocenters. The molecule has 1 aromatic carbocycles. The van der Waals surface area contributed by atoms with Crippen LogP contribution in [0.2, 0.25) is 0 Å². The van der Waals surface area contributed by atoms with Crippen molar-refractivity contribution in [1.29, 1.82) is 0 Å². The molecule has 0 aromatic heterocycles. The molecule has 0 aliphatic rings. The molecule has 0 spiro atoms. The summed E-state index contributed by atoms with van der Waals surface area (Å²) in [7, 11) is -7.90. The average molecular weight is 273 g/mol. The minimum Gasteiger partial charge on any atom is -0.316 e. The van der Waals surface area contributed by atoms with Gasteiger partial charge in [0.25, 0.3) is 0 Å². The highest BCUT2D eigenvalue weighted by Crippen LogP contribution is 3.02. The van der Waals surface area contributed by atoms with E-state index in [-0.39, 0.29) is 5.56 Å². The molecule has 0 radical (unpaired) electrons. The molecule has 1 nitrogen and oxygen atoms in total. The van der Waals surface area contributed by atoms with Crippen molar-refractivity contribution in [3.05, 3.63) is 35.9 Å². The number of halogens is 5. The van der Waals surface area contributed by atoms with Gasteiger partial charge in [-0.25, -0.2) is 0 Å². The molecule has 0 fully saturated rings. The van der Waals surface area contributed by atoms with Crippen molar-refractivity contribution in [2.24, 2.45) is 0 Å². The molecule has 7 heteroatoms. The molecule has 1 aromatic rings. The number of benzene rings is 1. The Hall–Kier alpha value is -1.08. The summed E-state index contributed by atoms with van der Waals surface area (Å²) in [4.78, 5) is -1.86. The zero-order chi connectivity index (χ0) is 13.2. The predicted octanol–water partition coefficient (Wildman–Crippen LogP) is 4.58. The molecule has 0 aliphatic carbocycles. The first kappa shape index (κ1) is 14.0. The molecule has 0 unspecified atom stereocenters. The molecule has 0 aliphatic heterocycles. The topological polar surface area (TPSA) is 12.0 Å². The molecule has 17 heavy (non-hydrogen) atoms. The van der Waals surface area contributed by atoms with Crippen LogP contribution in [0.3, 0.4) is 0 Å². The quantitative estimate of drug-likeness (QED) is 0.792. The molecule has 0 heterocycles. The number of hydrogen-bond acceptors (Lipinski definition) is 1. The first-order valence-corrected chi connectivity index (χ1v) is 6.63. The van der Waals surface area contributed by atoms with Crippen LogP contribution in [0.4, 0.5) is 19.4 Å². The van der Waals surface area contributed by atoms with Crippen LogP contribution in [0, 0.1) is 0 Å². The molecule has 0 saturated carbocycles.